The van der Waals surface area contributed by atoms with Crippen molar-refractivity contribution in [2.45, 2.75) is 25.9 Å². The van der Waals surface area contributed by atoms with E-state index in [4.69, 9.17) is 4.74 Å². The van der Waals surface area contributed by atoms with Crippen molar-refractivity contribution in [3.8, 4) is 11.3 Å². The summed E-state index contributed by atoms with van der Waals surface area (Å²) in [4.78, 5) is 20.2. The zero-order valence-electron chi connectivity index (χ0n) is 14.4. The maximum Gasteiger partial charge on any atom is 0.228 e. The number of hydrogen-bond donors (Lipinski definition) is 0. The van der Waals surface area contributed by atoms with E-state index in [1.54, 1.807) is 11.3 Å². The molecule has 0 spiro atoms. The molecule has 0 unspecified atom stereocenters. The van der Waals surface area contributed by atoms with Crippen LogP contribution >= 0.6 is 11.3 Å². The molecule has 130 valence electrons. The van der Waals surface area contributed by atoms with Gasteiger partial charge in [-0.1, -0.05) is 30.3 Å². The van der Waals surface area contributed by atoms with Gasteiger partial charge in [0.25, 0.3) is 0 Å². The van der Waals surface area contributed by atoms with Crippen LogP contribution in [0.3, 0.4) is 0 Å². The van der Waals surface area contributed by atoms with Crippen LogP contribution in [0.5, 0.6) is 0 Å². The number of hydrogen-bond acceptors (Lipinski definition) is 4. The van der Waals surface area contributed by atoms with Crippen LogP contribution in [0.4, 0.5) is 0 Å². The van der Waals surface area contributed by atoms with E-state index in [0.29, 0.717) is 26.1 Å². The van der Waals surface area contributed by atoms with Crippen LogP contribution in [-0.4, -0.2) is 45.5 Å². The van der Waals surface area contributed by atoms with Crippen molar-refractivity contribution >= 4 is 22.2 Å². The molecule has 1 aromatic carbocycles. The summed E-state index contributed by atoms with van der Waals surface area (Å²) in [6.07, 6.45) is 2.41. The second-order valence-corrected chi connectivity index (χ2v) is 7.81. The van der Waals surface area contributed by atoms with E-state index in [1.807, 2.05) is 65.1 Å². The fourth-order valence-corrected chi connectivity index (χ4v) is 4.07. The maximum absolute atomic E-state index is 12.7. The second-order valence-electron chi connectivity index (χ2n) is 6.97. The molecule has 6 heteroatoms. The lowest BCUT2D eigenvalue weighted by Crippen LogP contribution is -2.51. The van der Waals surface area contributed by atoms with Gasteiger partial charge in [-0.3, -0.25) is 9.20 Å². The van der Waals surface area contributed by atoms with Gasteiger partial charge in [0.1, 0.15) is 0 Å². The Balaban J connectivity index is 1.56. The molecule has 25 heavy (non-hydrogen) atoms. The van der Waals surface area contributed by atoms with Gasteiger partial charge in [-0.25, -0.2) is 4.98 Å². The highest BCUT2D eigenvalue weighted by Gasteiger charge is 2.30. The Morgan fingerprint density at radius 3 is 2.88 bits per heavy atom. The van der Waals surface area contributed by atoms with E-state index in [2.05, 4.69) is 4.98 Å². The topological polar surface area (TPSA) is 46.8 Å². The third-order valence-corrected chi connectivity index (χ3v) is 5.35. The van der Waals surface area contributed by atoms with E-state index in [9.17, 15) is 4.79 Å². The van der Waals surface area contributed by atoms with Crippen molar-refractivity contribution < 1.29 is 9.53 Å². The van der Waals surface area contributed by atoms with Gasteiger partial charge in [0.05, 0.1) is 24.3 Å². The number of ether oxygens (including phenoxy) is 1. The first-order chi connectivity index (χ1) is 12.0. The van der Waals surface area contributed by atoms with Gasteiger partial charge in [0.15, 0.2) is 4.96 Å². The monoisotopic (exact) mass is 355 g/mol. The molecule has 2 aromatic heterocycles. The molecule has 5 nitrogen and oxygen atoms in total. The molecule has 0 atom stereocenters. The van der Waals surface area contributed by atoms with E-state index >= 15 is 0 Å². The molecule has 0 N–H and O–H groups in total. The molecular formula is C19H21N3O2S. The number of thiazole rings is 1. The largest absolute Gasteiger partial charge is 0.372 e. The first-order valence-corrected chi connectivity index (χ1v) is 9.32. The van der Waals surface area contributed by atoms with Crippen LogP contribution in [-0.2, 0) is 16.0 Å². The predicted octanol–water partition coefficient (Wildman–Crippen LogP) is 3.24. The Morgan fingerprint density at radius 1 is 1.32 bits per heavy atom. The molecule has 0 bridgehead atoms. The van der Waals surface area contributed by atoms with E-state index in [1.165, 1.54) is 0 Å². The average molecular weight is 355 g/mol. The normalized spacial score (nSPS) is 17.1. The second kappa shape index (κ2) is 6.28. The summed E-state index contributed by atoms with van der Waals surface area (Å²) in [6, 6.07) is 10.1. The van der Waals surface area contributed by atoms with E-state index < -0.39 is 0 Å². The summed E-state index contributed by atoms with van der Waals surface area (Å²) in [5.41, 5.74) is 2.75. The summed E-state index contributed by atoms with van der Waals surface area (Å²) in [5, 5.41) is 2.03. The summed E-state index contributed by atoms with van der Waals surface area (Å²) < 4.78 is 7.73. The Hall–Kier alpha value is -2.18. The third kappa shape index (κ3) is 3.32. The van der Waals surface area contributed by atoms with Gasteiger partial charge < -0.3 is 9.64 Å². The molecule has 4 rings (SSSR count). The average Bonchev–Trinajstić information content (AvgIpc) is 3.17. The SMILES string of the molecule is CC1(C)CN(C(=O)Cc2csc3nc(-c4ccccc4)cn23)CCO1. The fourth-order valence-electron chi connectivity index (χ4n) is 3.20. The van der Waals surface area contributed by atoms with Crippen LogP contribution in [0.1, 0.15) is 19.5 Å². The number of morpholine rings is 1. The molecule has 1 fully saturated rings. The number of fused-ring (bicyclic) bond motifs is 1. The molecule has 1 saturated heterocycles. The lowest BCUT2D eigenvalue weighted by atomic mass is 10.1. The summed E-state index contributed by atoms with van der Waals surface area (Å²) in [5.74, 6) is 0.144. The number of aromatic nitrogens is 2. The van der Waals surface area contributed by atoms with Crippen molar-refractivity contribution in [3.05, 3.63) is 47.6 Å². The summed E-state index contributed by atoms with van der Waals surface area (Å²) >= 11 is 1.57. The van der Waals surface area contributed by atoms with Crippen LogP contribution in [0.25, 0.3) is 16.2 Å². The molecule has 0 radical (unpaired) electrons. The van der Waals surface area contributed by atoms with E-state index in [0.717, 1.165) is 21.9 Å². The van der Waals surface area contributed by atoms with Crippen LogP contribution in [0, 0.1) is 0 Å². The van der Waals surface area contributed by atoms with Crippen LogP contribution in [0.15, 0.2) is 41.9 Å². The van der Waals surface area contributed by atoms with Gasteiger partial charge in [-0.2, -0.15) is 0 Å². The number of carbonyl (C=O) groups excluding carboxylic acids is 1. The summed E-state index contributed by atoms with van der Waals surface area (Å²) in [7, 11) is 0. The minimum absolute atomic E-state index is 0.144. The molecule has 1 amide bonds. The lowest BCUT2D eigenvalue weighted by Gasteiger charge is -2.38. The quantitative estimate of drug-likeness (QED) is 0.725. The van der Waals surface area contributed by atoms with Crippen LogP contribution in [0.2, 0.25) is 0 Å². The smallest absolute Gasteiger partial charge is 0.228 e. The molecular weight excluding hydrogens is 334 g/mol. The fraction of sp³-hybridized carbons (Fsp3) is 0.368. The predicted molar refractivity (Wildman–Crippen MR) is 98.8 cm³/mol. The zero-order chi connectivity index (χ0) is 17.4. The lowest BCUT2D eigenvalue weighted by molar-refractivity contribution is -0.145. The number of imidazole rings is 1. The van der Waals surface area contributed by atoms with Gasteiger partial charge in [0.2, 0.25) is 5.91 Å². The summed E-state index contributed by atoms with van der Waals surface area (Å²) in [6.45, 7) is 5.95. The van der Waals surface area contributed by atoms with Gasteiger partial charge in [-0.05, 0) is 13.8 Å². The Kier molecular flexibility index (Phi) is 4.09. The maximum atomic E-state index is 12.7. The van der Waals surface area contributed by atoms with Crippen molar-refractivity contribution in [1.82, 2.24) is 14.3 Å². The molecule has 3 aromatic rings. The zero-order valence-corrected chi connectivity index (χ0v) is 15.3. The molecule has 3 heterocycles. The van der Waals surface area contributed by atoms with Crippen molar-refractivity contribution in [1.29, 1.82) is 0 Å². The molecule has 1 aliphatic heterocycles. The van der Waals surface area contributed by atoms with Crippen molar-refractivity contribution in [2.24, 2.45) is 0 Å². The number of nitrogens with zero attached hydrogens (tertiary/aromatic N) is 3. The highest BCUT2D eigenvalue weighted by Crippen LogP contribution is 2.24. The first kappa shape index (κ1) is 16.3. The van der Waals surface area contributed by atoms with Crippen molar-refractivity contribution in [2.75, 3.05) is 19.7 Å². The molecule has 0 saturated carbocycles. The molecule has 0 aliphatic carbocycles. The van der Waals surface area contributed by atoms with Crippen LogP contribution < -0.4 is 0 Å². The number of amides is 1. The van der Waals surface area contributed by atoms with Gasteiger partial charge in [0, 0.05) is 35.9 Å². The van der Waals surface area contributed by atoms with E-state index in [-0.39, 0.29) is 11.5 Å². The number of benzene rings is 1. The Bertz CT molecular complexity index is 898. The minimum atomic E-state index is -0.270. The van der Waals surface area contributed by atoms with Crippen molar-refractivity contribution in [3.63, 3.8) is 0 Å². The highest BCUT2D eigenvalue weighted by atomic mass is 32.1. The minimum Gasteiger partial charge on any atom is -0.372 e. The number of carbonyl (C=O) groups is 1. The Labute approximate surface area is 150 Å². The third-order valence-electron chi connectivity index (χ3n) is 4.46. The van der Waals surface area contributed by atoms with Gasteiger partial charge in [-0.15, -0.1) is 11.3 Å². The molecule has 1 aliphatic rings. The number of rotatable bonds is 3. The highest BCUT2D eigenvalue weighted by molar-refractivity contribution is 7.15. The standard InChI is InChI=1S/C19H21N3O2S/c1-19(2)13-21(8-9-24-19)17(23)10-15-12-25-18-20-16(11-22(15)18)14-6-4-3-5-7-14/h3-7,11-12H,8-10,13H2,1-2H3. The van der Waals surface area contributed by atoms with Gasteiger partial charge >= 0.3 is 0 Å². The Morgan fingerprint density at radius 2 is 2.12 bits per heavy atom. The first-order valence-electron chi connectivity index (χ1n) is 8.44.